The predicted molar refractivity (Wildman–Crippen MR) is 65.3 cm³/mol. The third kappa shape index (κ3) is 5.33. The van der Waals surface area contributed by atoms with Crippen molar-refractivity contribution in [2.75, 3.05) is 11.9 Å². The zero-order chi connectivity index (χ0) is 14.5. The zero-order valence-electron chi connectivity index (χ0n) is 10.2. The van der Waals surface area contributed by atoms with Crippen LogP contribution in [0, 0.1) is 0 Å². The van der Waals surface area contributed by atoms with Crippen LogP contribution in [-0.4, -0.2) is 23.7 Å². The van der Waals surface area contributed by atoms with Crippen LogP contribution < -0.4 is 10.6 Å². The molecule has 0 aliphatic carbocycles. The van der Waals surface area contributed by atoms with Gasteiger partial charge in [-0.2, -0.15) is 0 Å². The first-order valence-corrected chi connectivity index (χ1v) is 5.54. The molecule has 0 aliphatic heterocycles. The number of alkyl halides is 2. The number of nitrogens with one attached hydrogen (secondary N) is 2. The van der Waals surface area contributed by atoms with E-state index < -0.39 is 17.9 Å². The molecule has 0 fully saturated rings. The summed E-state index contributed by atoms with van der Waals surface area (Å²) >= 11 is 0. The Morgan fingerprint density at radius 3 is 2.63 bits per heavy atom. The van der Waals surface area contributed by atoms with Gasteiger partial charge in [0.1, 0.15) is 0 Å². The van der Waals surface area contributed by atoms with Gasteiger partial charge in [0.05, 0.1) is 6.42 Å². The maximum absolute atomic E-state index is 13.1. The number of aliphatic carboxylic acids is 1. The van der Waals surface area contributed by atoms with Crippen LogP contribution in [0.5, 0.6) is 0 Å². The number of amides is 2. The van der Waals surface area contributed by atoms with Crippen LogP contribution in [-0.2, 0) is 10.7 Å². The van der Waals surface area contributed by atoms with Gasteiger partial charge < -0.3 is 15.7 Å². The zero-order valence-corrected chi connectivity index (χ0v) is 10.2. The highest BCUT2D eigenvalue weighted by Crippen LogP contribution is 2.28. The number of halogens is 2. The Bertz CT molecular complexity index is 472. The van der Waals surface area contributed by atoms with Gasteiger partial charge in [0, 0.05) is 24.7 Å². The first-order chi connectivity index (χ1) is 8.79. The van der Waals surface area contributed by atoms with Crippen molar-refractivity contribution < 1.29 is 23.5 Å². The summed E-state index contributed by atoms with van der Waals surface area (Å²) in [6, 6.07) is 4.65. The number of carboxylic acid groups (broad SMARTS) is 1. The minimum absolute atomic E-state index is 0.0369. The van der Waals surface area contributed by atoms with Crippen molar-refractivity contribution in [1.29, 1.82) is 0 Å². The van der Waals surface area contributed by atoms with Gasteiger partial charge in [0.25, 0.3) is 5.92 Å². The summed E-state index contributed by atoms with van der Waals surface area (Å²) in [5.74, 6) is -4.02. The standard InChI is InChI=1S/C12H14F2N2O3/c1-12(13,14)8-3-2-4-9(7-8)16-11(19)15-6-5-10(17)18/h2-4,7H,5-6H2,1H3,(H,17,18)(H2,15,16,19). The third-order valence-corrected chi connectivity index (χ3v) is 2.25. The molecule has 0 heterocycles. The molecule has 104 valence electrons. The van der Waals surface area contributed by atoms with Gasteiger partial charge in [-0.3, -0.25) is 4.79 Å². The van der Waals surface area contributed by atoms with Crippen molar-refractivity contribution in [1.82, 2.24) is 5.32 Å². The van der Waals surface area contributed by atoms with E-state index in [9.17, 15) is 18.4 Å². The summed E-state index contributed by atoms with van der Waals surface area (Å²) in [5, 5.41) is 13.0. The van der Waals surface area contributed by atoms with E-state index in [-0.39, 0.29) is 24.2 Å². The Labute approximate surface area is 108 Å². The Morgan fingerprint density at radius 1 is 1.37 bits per heavy atom. The summed E-state index contributed by atoms with van der Waals surface area (Å²) in [6.07, 6.45) is -0.208. The number of rotatable bonds is 5. The normalized spacial score (nSPS) is 10.9. The predicted octanol–water partition coefficient (Wildman–Crippen LogP) is 2.39. The van der Waals surface area contributed by atoms with E-state index in [1.807, 2.05) is 0 Å². The van der Waals surface area contributed by atoms with Gasteiger partial charge >= 0.3 is 12.0 Å². The maximum Gasteiger partial charge on any atom is 0.319 e. The van der Waals surface area contributed by atoms with Crippen LogP contribution in [0.25, 0.3) is 0 Å². The molecule has 7 heteroatoms. The molecule has 1 aromatic rings. The highest BCUT2D eigenvalue weighted by atomic mass is 19.3. The molecule has 2 amide bonds. The van der Waals surface area contributed by atoms with Crippen LogP contribution in [0.1, 0.15) is 18.9 Å². The molecule has 0 bridgehead atoms. The van der Waals surface area contributed by atoms with E-state index in [2.05, 4.69) is 10.6 Å². The van der Waals surface area contributed by atoms with E-state index in [4.69, 9.17) is 5.11 Å². The number of urea groups is 1. The van der Waals surface area contributed by atoms with Crippen molar-refractivity contribution in [3.05, 3.63) is 29.8 Å². The summed E-state index contributed by atoms with van der Waals surface area (Å²) in [6.45, 7) is 0.726. The number of hydrogen-bond donors (Lipinski definition) is 3. The fourth-order valence-electron chi connectivity index (χ4n) is 1.33. The molecule has 0 atom stereocenters. The Kier molecular flexibility index (Phi) is 4.80. The first kappa shape index (κ1) is 14.9. The molecule has 0 aliphatic rings. The Balaban J connectivity index is 2.57. The lowest BCUT2D eigenvalue weighted by Gasteiger charge is -2.12. The maximum atomic E-state index is 13.1. The quantitative estimate of drug-likeness (QED) is 0.770. The van der Waals surface area contributed by atoms with E-state index in [0.717, 1.165) is 13.0 Å². The second-order valence-electron chi connectivity index (χ2n) is 3.99. The van der Waals surface area contributed by atoms with Crippen molar-refractivity contribution in [2.45, 2.75) is 19.3 Å². The van der Waals surface area contributed by atoms with E-state index in [1.165, 1.54) is 18.2 Å². The van der Waals surface area contributed by atoms with Gasteiger partial charge in [-0.05, 0) is 12.1 Å². The monoisotopic (exact) mass is 272 g/mol. The summed E-state index contributed by atoms with van der Waals surface area (Å²) < 4.78 is 26.1. The van der Waals surface area contributed by atoms with Gasteiger partial charge in [-0.1, -0.05) is 12.1 Å². The average Bonchev–Trinajstić information content (AvgIpc) is 2.27. The minimum atomic E-state index is -2.99. The lowest BCUT2D eigenvalue weighted by atomic mass is 10.1. The second-order valence-corrected chi connectivity index (χ2v) is 3.99. The molecule has 5 nitrogen and oxygen atoms in total. The first-order valence-electron chi connectivity index (χ1n) is 5.54. The Morgan fingerprint density at radius 2 is 2.05 bits per heavy atom. The fourth-order valence-corrected chi connectivity index (χ4v) is 1.33. The number of carboxylic acids is 1. The molecule has 0 saturated carbocycles. The smallest absolute Gasteiger partial charge is 0.319 e. The number of carbonyl (C=O) groups excluding carboxylic acids is 1. The molecular weight excluding hydrogens is 258 g/mol. The number of hydrogen-bond acceptors (Lipinski definition) is 2. The van der Waals surface area contributed by atoms with Crippen molar-refractivity contribution in [3.63, 3.8) is 0 Å². The second kappa shape index (κ2) is 6.12. The van der Waals surface area contributed by atoms with Crippen LogP contribution in [0.2, 0.25) is 0 Å². The molecule has 0 unspecified atom stereocenters. The van der Waals surface area contributed by atoms with E-state index in [0.29, 0.717) is 0 Å². The molecule has 0 spiro atoms. The van der Waals surface area contributed by atoms with Crippen LogP contribution in [0.15, 0.2) is 24.3 Å². The van der Waals surface area contributed by atoms with Gasteiger partial charge in [0.2, 0.25) is 0 Å². The Hall–Kier alpha value is -2.18. The number of carbonyl (C=O) groups is 2. The van der Waals surface area contributed by atoms with Crippen molar-refractivity contribution >= 4 is 17.7 Å². The lowest BCUT2D eigenvalue weighted by molar-refractivity contribution is -0.136. The summed E-state index contributed by atoms with van der Waals surface area (Å²) in [7, 11) is 0. The van der Waals surface area contributed by atoms with Gasteiger partial charge in [0.15, 0.2) is 0 Å². The van der Waals surface area contributed by atoms with Crippen LogP contribution in [0.3, 0.4) is 0 Å². The topological polar surface area (TPSA) is 78.4 Å². The van der Waals surface area contributed by atoms with Crippen molar-refractivity contribution in [2.24, 2.45) is 0 Å². The molecule has 0 aromatic heterocycles. The van der Waals surface area contributed by atoms with Gasteiger partial charge in [-0.25, -0.2) is 13.6 Å². The molecule has 19 heavy (non-hydrogen) atoms. The molecule has 3 N–H and O–H groups in total. The molecule has 1 aromatic carbocycles. The van der Waals surface area contributed by atoms with Crippen molar-refractivity contribution in [3.8, 4) is 0 Å². The SMILES string of the molecule is CC(F)(F)c1cccc(NC(=O)NCCC(=O)O)c1. The van der Waals surface area contributed by atoms with Crippen LogP contribution in [0.4, 0.5) is 19.3 Å². The highest BCUT2D eigenvalue weighted by Gasteiger charge is 2.24. The lowest BCUT2D eigenvalue weighted by Crippen LogP contribution is -2.30. The van der Waals surface area contributed by atoms with Gasteiger partial charge in [-0.15, -0.1) is 0 Å². The number of anilines is 1. The molecule has 0 radical (unpaired) electrons. The highest BCUT2D eigenvalue weighted by molar-refractivity contribution is 5.89. The molecule has 0 saturated heterocycles. The third-order valence-electron chi connectivity index (χ3n) is 2.25. The fraction of sp³-hybridized carbons (Fsp3) is 0.333. The van der Waals surface area contributed by atoms with Crippen LogP contribution >= 0.6 is 0 Å². The molecule has 1 rings (SSSR count). The van der Waals surface area contributed by atoms with E-state index in [1.54, 1.807) is 0 Å². The molecular formula is C12H14F2N2O3. The number of benzene rings is 1. The van der Waals surface area contributed by atoms with E-state index >= 15 is 0 Å². The largest absolute Gasteiger partial charge is 0.481 e. The summed E-state index contributed by atoms with van der Waals surface area (Å²) in [5.41, 5.74) is 0.00249. The minimum Gasteiger partial charge on any atom is -0.481 e. The average molecular weight is 272 g/mol. The summed E-state index contributed by atoms with van der Waals surface area (Å²) in [4.78, 5) is 21.6.